The number of nitrogens with zero attached hydrogens (tertiary/aromatic N) is 1. The Kier molecular flexibility index (Phi) is 2.53. The van der Waals surface area contributed by atoms with E-state index in [4.69, 9.17) is 0 Å². The molecule has 0 unspecified atom stereocenters. The number of aryl methyl sites for hydroxylation is 1. The van der Waals surface area contributed by atoms with Gasteiger partial charge < -0.3 is 4.98 Å². The predicted octanol–water partition coefficient (Wildman–Crippen LogP) is 4.11. The highest BCUT2D eigenvalue weighted by molar-refractivity contribution is 7.13. The minimum atomic E-state index is 0.924. The topological polar surface area (TPSA) is 28.7 Å². The number of H-pyrrole nitrogens is 1. The van der Waals surface area contributed by atoms with Crippen LogP contribution in [-0.2, 0) is 0 Å². The summed E-state index contributed by atoms with van der Waals surface area (Å²) >= 11 is 1.72. The van der Waals surface area contributed by atoms with Crippen LogP contribution in [0, 0.1) is 6.92 Å². The van der Waals surface area contributed by atoms with Crippen molar-refractivity contribution in [2.45, 2.75) is 6.92 Å². The van der Waals surface area contributed by atoms with Gasteiger partial charge in [0.15, 0.2) is 0 Å². The average Bonchev–Trinajstić information content (AvgIpc) is 3.00. The summed E-state index contributed by atoms with van der Waals surface area (Å²) in [6.45, 7) is 2.09. The first-order valence-corrected chi connectivity index (χ1v) is 6.37. The zero-order valence-corrected chi connectivity index (χ0v) is 10.3. The van der Waals surface area contributed by atoms with Crippen LogP contribution in [0.5, 0.6) is 0 Å². The highest BCUT2D eigenvalue weighted by Gasteiger charge is 2.05. The highest BCUT2D eigenvalue weighted by Crippen LogP contribution is 2.25. The fraction of sp³-hybridized carbons (Fsp3) is 0.0714. The van der Waals surface area contributed by atoms with E-state index in [0.717, 1.165) is 17.1 Å². The van der Waals surface area contributed by atoms with E-state index in [1.54, 1.807) is 11.3 Å². The Morgan fingerprint density at radius 3 is 2.65 bits per heavy atom. The molecule has 0 bridgehead atoms. The first-order valence-electron chi connectivity index (χ1n) is 5.49. The molecule has 3 aromatic rings. The van der Waals surface area contributed by atoms with Crippen molar-refractivity contribution in [3.05, 3.63) is 53.5 Å². The van der Waals surface area contributed by atoms with Gasteiger partial charge in [-0.15, -0.1) is 11.3 Å². The van der Waals surface area contributed by atoms with Crippen LogP contribution >= 0.6 is 11.3 Å². The normalized spacial score (nSPS) is 10.6. The standard InChI is InChI=1S/C14H12N2S/c1-10-4-6-11(7-5-10)14-15-9-12(16-14)13-3-2-8-17-13/h2-9H,1H3,(H,15,16). The molecule has 0 fully saturated rings. The average molecular weight is 240 g/mol. The van der Waals surface area contributed by atoms with Crippen LogP contribution in [-0.4, -0.2) is 9.97 Å². The van der Waals surface area contributed by atoms with Crippen LogP contribution in [0.1, 0.15) is 5.56 Å². The third-order valence-corrected chi connectivity index (χ3v) is 3.59. The molecule has 1 N–H and O–H groups in total. The van der Waals surface area contributed by atoms with Crippen molar-refractivity contribution in [3.63, 3.8) is 0 Å². The lowest BCUT2D eigenvalue weighted by molar-refractivity contribution is 1.31. The smallest absolute Gasteiger partial charge is 0.137 e. The molecule has 3 rings (SSSR count). The summed E-state index contributed by atoms with van der Waals surface area (Å²) in [6.07, 6.45) is 1.89. The molecular formula is C14H12N2S. The van der Waals surface area contributed by atoms with Crippen molar-refractivity contribution in [1.82, 2.24) is 9.97 Å². The van der Waals surface area contributed by atoms with E-state index in [-0.39, 0.29) is 0 Å². The van der Waals surface area contributed by atoms with Crippen molar-refractivity contribution in [3.8, 4) is 22.0 Å². The molecule has 0 radical (unpaired) electrons. The van der Waals surface area contributed by atoms with Gasteiger partial charge in [0, 0.05) is 5.56 Å². The number of rotatable bonds is 2. The van der Waals surface area contributed by atoms with Gasteiger partial charge in [-0.05, 0) is 18.4 Å². The maximum absolute atomic E-state index is 4.42. The van der Waals surface area contributed by atoms with Gasteiger partial charge >= 0.3 is 0 Å². The van der Waals surface area contributed by atoms with Crippen molar-refractivity contribution < 1.29 is 0 Å². The lowest BCUT2D eigenvalue weighted by atomic mass is 10.1. The summed E-state index contributed by atoms with van der Waals surface area (Å²) in [4.78, 5) is 8.99. The minimum absolute atomic E-state index is 0.924. The Morgan fingerprint density at radius 2 is 1.94 bits per heavy atom. The van der Waals surface area contributed by atoms with E-state index < -0.39 is 0 Å². The molecule has 0 saturated carbocycles. The van der Waals surface area contributed by atoms with Crippen molar-refractivity contribution in [1.29, 1.82) is 0 Å². The van der Waals surface area contributed by atoms with Gasteiger partial charge in [0.25, 0.3) is 0 Å². The molecule has 2 aromatic heterocycles. The molecule has 0 aliphatic heterocycles. The van der Waals surface area contributed by atoms with E-state index in [9.17, 15) is 0 Å². The van der Waals surface area contributed by atoms with E-state index >= 15 is 0 Å². The van der Waals surface area contributed by atoms with Crippen molar-refractivity contribution in [2.24, 2.45) is 0 Å². The fourth-order valence-corrected chi connectivity index (χ4v) is 2.43. The minimum Gasteiger partial charge on any atom is -0.337 e. The zero-order valence-electron chi connectivity index (χ0n) is 9.47. The number of aromatic amines is 1. The van der Waals surface area contributed by atoms with E-state index in [0.29, 0.717) is 0 Å². The number of aromatic nitrogens is 2. The van der Waals surface area contributed by atoms with Gasteiger partial charge in [0.1, 0.15) is 5.82 Å². The number of hydrogen-bond donors (Lipinski definition) is 1. The Morgan fingerprint density at radius 1 is 1.12 bits per heavy atom. The molecule has 0 saturated heterocycles. The summed E-state index contributed by atoms with van der Waals surface area (Å²) in [6, 6.07) is 12.5. The van der Waals surface area contributed by atoms with Gasteiger partial charge in [0.05, 0.1) is 16.8 Å². The van der Waals surface area contributed by atoms with E-state index in [2.05, 4.69) is 52.6 Å². The van der Waals surface area contributed by atoms with Gasteiger partial charge in [0.2, 0.25) is 0 Å². The van der Waals surface area contributed by atoms with Crippen LogP contribution in [0.25, 0.3) is 22.0 Å². The molecule has 0 aliphatic rings. The van der Waals surface area contributed by atoms with Crippen LogP contribution in [0.4, 0.5) is 0 Å². The van der Waals surface area contributed by atoms with E-state index in [1.807, 2.05) is 12.3 Å². The number of nitrogens with one attached hydrogen (secondary N) is 1. The van der Waals surface area contributed by atoms with Gasteiger partial charge in [-0.1, -0.05) is 35.9 Å². The Hall–Kier alpha value is -1.87. The summed E-state index contributed by atoms with van der Waals surface area (Å²) in [5.74, 6) is 0.924. The Labute approximate surface area is 104 Å². The van der Waals surface area contributed by atoms with Crippen LogP contribution in [0.2, 0.25) is 0 Å². The molecule has 1 aromatic carbocycles. The molecular weight excluding hydrogens is 228 g/mol. The molecule has 0 amide bonds. The van der Waals surface area contributed by atoms with Gasteiger partial charge in [-0.25, -0.2) is 4.98 Å². The molecule has 84 valence electrons. The summed E-state index contributed by atoms with van der Waals surface area (Å²) < 4.78 is 0. The maximum atomic E-state index is 4.42. The second-order valence-corrected chi connectivity index (χ2v) is 4.94. The first kappa shape index (κ1) is 10.3. The SMILES string of the molecule is Cc1ccc(-c2ncc(-c3cccs3)[nH]2)cc1. The summed E-state index contributed by atoms with van der Waals surface area (Å²) in [7, 11) is 0. The maximum Gasteiger partial charge on any atom is 0.137 e. The quantitative estimate of drug-likeness (QED) is 0.717. The molecule has 2 heterocycles. The predicted molar refractivity (Wildman–Crippen MR) is 72.1 cm³/mol. The van der Waals surface area contributed by atoms with E-state index in [1.165, 1.54) is 10.4 Å². The molecule has 0 aliphatic carbocycles. The second-order valence-electron chi connectivity index (χ2n) is 3.99. The Balaban J connectivity index is 1.98. The van der Waals surface area contributed by atoms with Gasteiger partial charge in [-0.3, -0.25) is 0 Å². The van der Waals surface area contributed by atoms with Crippen molar-refractivity contribution in [2.75, 3.05) is 0 Å². The lowest BCUT2D eigenvalue weighted by Crippen LogP contribution is -1.80. The fourth-order valence-electron chi connectivity index (χ4n) is 1.74. The monoisotopic (exact) mass is 240 g/mol. The Bertz CT molecular complexity index is 606. The number of thiophene rings is 1. The third kappa shape index (κ3) is 2.01. The summed E-state index contributed by atoms with van der Waals surface area (Å²) in [5, 5.41) is 2.07. The number of hydrogen-bond acceptors (Lipinski definition) is 2. The lowest BCUT2D eigenvalue weighted by Gasteiger charge is -1.97. The molecule has 2 nitrogen and oxygen atoms in total. The zero-order chi connectivity index (χ0) is 11.7. The van der Waals surface area contributed by atoms with Crippen LogP contribution in [0.3, 0.4) is 0 Å². The van der Waals surface area contributed by atoms with Crippen molar-refractivity contribution >= 4 is 11.3 Å². The third-order valence-electron chi connectivity index (χ3n) is 2.69. The molecule has 0 spiro atoms. The largest absolute Gasteiger partial charge is 0.337 e. The summed E-state index contributed by atoms with van der Waals surface area (Å²) in [5.41, 5.74) is 3.47. The first-order chi connectivity index (χ1) is 8.33. The molecule has 0 atom stereocenters. The number of imidazole rings is 1. The number of benzene rings is 1. The van der Waals surface area contributed by atoms with Crippen LogP contribution < -0.4 is 0 Å². The van der Waals surface area contributed by atoms with Gasteiger partial charge in [-0.2, -0.15) is 0 Å². The molecule has 17 heavy (non-hydrogen) atoms. The molecule has 3 heteroatoms. The van der Waals surface area contributed by atoms with Crippen LogP contribution in [0.15, 0.2) is 48.0 Å². The second kappa shape index (κ2) is 4.18. The highest BCUT2D eigenvalue weighted by atomic mass is 32.1.